The summed E-state index contributed by atoms with van der Waals surface area (Å²) in [5.41, 5.74) is 1.76. The van der Waals surface area contributed by atoms with Crippen molar-refractivity contribution in [1.82, 2.24) is 10.2 Å². The molecule has 2 N–H and O–H groups in total. The molecule has 6 nitrogen and oxygen atoms in total. The van der Waals surface area contributed by atoms with Gasteiger partial charge in [0.25, 0.3) is 5.91 Å². The van der Waals surface area contributed by atoms with Gasteiger partial charge < -0.3 is 15.5 Å². The summed E-state index contributed by atoms with van der Waals surface area (Å²) < 4.78 is 0. The van der Waals surface area contributed by atoms with Gasteiger partial charge >= 0.3 is 0 Å². The minimum absolute atomic E-state index is 0.0579. The minimum atomic E-state index is -0.246. The van der Waals surface area contributed by atoms with Crippen LogP contribution in [0.1, 0.15) is 42.1 Å². The van der Waals surface area contributed by atoms with Crippen LogP contribution in [0.4, 0.5) is 5.69 Å². The molecule has 32 heavy (non-hydrogen) atoms. The van der Waals surface area contributed by atoms with Crippen molar-refractivity contribution in [3.8, 4) is 0 Å². The second kappa shape index (κ2) is 11.5. The Morgan fingerprint density at radius 1 is 1.09 bits per heavy atom. The number of amides is 3. The smallest absolute Gasteiger partial charge is 0.253 e. The Morgan fingerprint density at radius 2 is 1.81 bits per heavy atom. The van der Waals surface area contributed by atoms with Gasteiger partial charge in [-0.05, 0) is 49.1 Å². The molecule has 1 heterocycles. The molecule has 7 heteroatoms. The van der Waals surface area contributed by atoms with Crippen LogP contribution in [0.15, 0.2) is 54.6 Å². The first kappa shape index (κ1) is 23.5. The van der Waals surface area contributed by atoms with E-state index in [0.717, 1.165) is 12.0 Å². The lowest BCUT2D eigenvalue weighted by atomic mass is 9.95. The molecule has 0 atom stereocenters. The summed E-state index contributed by atoms with van der Waals surface area (Å²) in [6.07, 6.45) is 5.32. The molecule has 0 bridgehead atoms. The van der Waals surface area contributed by atoms with Crippen molar-refractivity contribution in [2.24, 2.45) is 5.92 Å². The van der Waals surface area contributed by atoms with Crippen LogP contribution in [-0.2, 0) is 9.59 Å². The third-order valence-corrected chi connectivity index (χ3v) is 5.65. The monoisotopic (exact) mass is 453 g/mol. The van der Waals surface area contributed by atoms with Crippen LogP contribution in [0.5, 0.6) is 0 Å². The number of carbonyl (C=O) groups is 3. The largest absolute Gasteiger partial charge is 0.352 e. The summed E-state index contributed by atoms with van der Waals surface area (Å²) in [5.74, 6) is -0.701. The van der Waals surface area contributed by atoms with Crippen molar-refractivity contribution in [2.75, 3.05) is 25.0 Å². The number of anilines is 1. The molecule has 1 fully saturated rings. The number of benzene rings is 2. The van der Waals surface area contributed by atoms with Crippen LogP contribution in [0.2, 0.25) is 5.02 Å². The zero-order valence-electron chi connectivity index (χ0n) is 18.1. The maximum Gasteiger partial charge on any atom is 0.253 e. The van der Waals surface area contributed by atoms with Crippen molar-refractivity contribution in [3.05, 3.63) is 70.8 Å². The van der Waals surface area contributed by atoms with Gasteiger partial charge in [0, 0.05) is 36.7 Å². The van der Waals surface area contributed by atoms with E-state index in [4.69, 9.17) is 11.6 Å². The molecule has 0 radical (unpaired) electrons. The second-order valence-electron chi connectivity index (χ2n) is 7.78. The van der Waals surface area contributed by atoms with E-state index in [1.54, 1.807) is 35.3 Å². The fourth-order valence-electron chi connectivity index (χ4n) is 3.59. The molecular weight excluding hydrogens is 426 g/mol. The van der Waals surface area contributed by atoms with Crippen LogP contribution in [-0.4, -0.2) is 42.3 Å². The fraction of sp³-hybridized carbons (Fsp3) is 0.320. The van der Waals surface area contributed by atoms with Gasteiger partial charge in [-0.15, -0.1) is 0 Å². The molecule has 3 rings (SSSR count). The lowest BCUT2D eigenvalue weighted by Gasteiger charge is -2.30. The SMILES string of the molecule is CCCNC(=O)c1ccc(Cl)cc1NC(=O)C1CCN(C(=O)/C=C/c2ccccc2)CC1. The minimum Gasteiger partial charge on any atom is -0.352 e. The Bertz CT molecular complexity index is 983. The molecule has 0 aromatic heterocycles. The normalized spacial score (nSPS) is 14.4. The maximum absolute atomic E-state index is 12.9. The number of halogens is 1. The lowest BCUT2D eigenvalue weighted by molar-refractivity contribution is -0.130. The molecular formula is C25H28ClN3O3. The van der Waals surface area contributed by atoms with Gasteiger partial charge in [-0.2, -0.15) is 0 Å². The number of nitrogens with zero attached hydrogens (tertiary/aromatic N) is 1. The zero-order chi connectivity index (χ0) is 22.9. The highest BCUT2D eigenvalue weighted by atomic mass is 35.5. The number of hydrogen-bond donors (Lipinski definition) is 2. The molecule has 2 aromatic carbocycles. The van der Waals surface area contributed by atoms with Crippen LogP contribution in [0, 0.1) is 5.92 Å². The van der Waals surface area contributed by atoms with Crippen LogP contribution >= 0.6 is 11.6 Å². The van der Waals surface area contributed by atoms with Gasteiger partial charge in [0.2, 0.25) is 11.8 Å². The Balaban J connectivity index is 1.57. The zero-order valence-corrected chi connectivity index (χ0v) is 18.9. The van der Waals surface area contributed by atoms with Gasteiger partial charge in [-0.1, -0.05) is 48.9 Å². The number of piperidine rings is 1. The number of carbonyl (C=O) groups excluding carboxylic acids is 3. The highest BCUT2D eigenvalue weighted by molar-refractivity contribution is 6.31. The standard InChI is InChI=1S/C25H28ClN3O3/c1-2-14-27-25(32)21-10-9-20(26)17-22(21)28-24(31)19-12-15-29(16-13-19)23(30)11-8-18-6-4-3-5-7-18/h3-11,17,19H,2,12-16H2,1H3,(H,27,32)(H,28,31)/b11-8+. The predicted molar refractivity (Wildman–Crippen MR) is 127 cm³/mol. The highest BCUT2D eigenvalue weighted by Crippen LogP contribution is 2.24. The molecule has 0 aliphatic carbocycles. The molecule has 168 valence electrons. The van der Waals surface area contributed by atoms with E-state index in [0.29, 0.717) is 48.7 Å². The molecule has 3 amide bonds. The van der Waals surface area contributed by atoms with E-state index in [9.17, 15) is 14.4 Å². The van der Waals surface area contributed by atoms with Gasteiger partial charge in [0.15, 0.2) is 0 Å². The van der Waals surface area contributed by atoms with Crippen LogP contribution in [0.25, 0.3) is 6.08 Å². The number of hydrogen-bond acceptors (Lipinski definition) is 3. The molecule has 0 unspecified atom stereocenters. The summed E-state index contributed by atoms with van der Waals surface area (Å²) in [6, 6.07) is 14.5. The number of rotatable bonds is 7. The number of nitrogens with one attached hydrogen (secondary N) is 2. The second-order valence-corrected chi connectivity index (χ2v) is 8.22. The molecule has 2 aromatic rings. The summed E-state index contributed by atoms with van der Waals surface area (Å²) >= 11 is 6.09. The van der Waals surface area contributed by atoms with Crippen LogP contribution in [0.3, 0.4) is 0 Å². The summed E-state index contributed by atoms with van der Waals surface area (Å²) in [5, 5.41) is 6.13. The van der Waals surface area contributed by atoms with Gasteiger partial charge in [0.1, 0.15) is 0 Å². The van der Waals surface area contributed by atoms with Gasteiger partial charge in [-0.25, -0.2) is 0 Å². The Hall–Kier alpha value is -3.12. The Morgan fingerprint density at radius 3 is 2.50 bits per heavy atom. The van der Waals surface area contributed by atoms with E-state index < -0.39 is 0 Å². The van der Waals surface area contributed by atoms with E-state index in [1.807, 2.05) is 37.3 Å². The fourth-order valence-corrected chi connectivity index (χ4v) is 3.76. The summed E-state index contributed by atoms with van der Waals surface area (Å²) in [6.45, 7) is 3.55. The number of likely N-dealkylation sites (tertiary alicyclic amines) is 1. The first-order chi connectivity index (χ1) is 15.5. The average Bonchev–Trinajstić information content (AvgIpc) is 2.82. The first-order valence-corrected chi connectivity index (χ1v) is 11.3. The predicted octanol–water partition coefficient (Wildman–Crippen LogP) is 4.37. The average molecular weight is 454 g/mol. The van der Waals surface area contributed by atoms with E-state index in [2.05, 4.69) is 10.6 Å². The van der Waals surface area contributed by atoms with Gasteiger partial charge in [0.05, 0.1) is 11.3 Å². The van der Waals surface area contributed by atoms with Crippen molar-refractivity contribution in [2.45, 2.75) is 26.2 Å². The van der Waals surface area contributed by atoms with E-state index >= 15 is 0 Å². The van der Waals surface area contributed by atoms with E-state index in [-0.39, 0.29) is 23.6 Å². The molecule has 1 saturated heterocycles. The summed E-state index contributed by atoms with van der Waals surface area (Å²) in [4.78, 5) is 39.5. The van der Waals surface area contributed by atoms with Crippen molar-refractivity contribution >= 4 is 41.1 Å². The molecule has 0 saturated carbocycles. The van der Waals surface area contributed by atoms with Gasteiger partial charge in [-0.3, -0.25) is 14.4 Å². The first-order valence-electron chi connectivity index (χ1n) is 10.9. The Kier molecular flexibility index (Phi) is 8.45. The summed E-state index contributed by atoms with van der Waals surface area (Å²) in [7, 11) is 0. The van der Waals surface area contributed by atoms with E-state index in [1.165, 1.54) is 0 Å². The third-order valence-electron chi connectivity index (χ3n) is 5.42. The molecule has 0 spiro atoms. The molecule has 1 aliphatic heterocycles. The Labute approximate surface area is 193 Å². The molecule has 1 aliphatic rings. The third kappa shape index (κ3) is 6.44. The van der Waals surface area contributed by atoms with Crippen LogP contribution < -0.4 is 10.6 Å². The maximum atomic E-state index is 12.9. The quantitative estimate of drug-likeness (QED) is 0.611. The van der Waals surface area contributed by atoms with Crippen molar-refractivity contribution in [3.63, 3.8) is 0 Å². The lowest BCUT2D eigenvalue weighted by Crippen LogP contribution is -2.41. The topological polar surface area (TPSA) is 78.5 Å². The highest BCUT2D eigenvalue weighted by Gasteiger charge is 2.27. The van der Waals surface area contributed by atoms with Crippen molar-refractivity contribution in [1.29, 1.82) is 0 Å². The van der Waals surface area contributed by atoms with Crippen molar-refractivity contribution < 1.29 is 14.4 Å².